The quantitative estimate of drug-likeness (QED) is 0.678. The molecular formula is C25H29NO4. The first-order valence-electron chi connectivity index (χ1n) is 10.9. The molecule has 2 aliphatic rings. The molecule has 5 nitrogen and oxygen atoms in total. The highest BCUT2D eigenvalue weighted by Crippen LogP contribution is 2.44. The van der Waals surface area contributed by atoms with Gasteiger partial charge < -0.3 is 15.2 Å². The highest BCUT2D eigenvalue weighted by Gasteiger charge is 2.39. The lowest BCUT2D eigenvalue weighted by atomic mass is 9.74. The minimum absolute atomic E-state index is 0.00518. The molecule has 1 fully saturated rings. The first kappa shape index (κ1) is 20.5. The van der Waals surface area contributed by atoms with Gasteiger partial charge in [-0.05, 0) is 53.9 Å². The van der Waals surface area contributed by atoms with Crippen LogP contribution in [0.25, 0.3) is 11.1 Å². The molecule has 4 rings (SSSR count). The Hall–Kier alpha value is -2.82. The topological polar surface area (TPSA) is 75.6 Å². The van der Waals surface area contributed by atoms with Crippen molar-refractivity contribution < 1.29 is 19.4 Å². The number of nitrogens with one attached hydrogen (secondary N) is 1. The van der Waals surface area contributed by atoms with Gasteiger partial charge in [0, 0.05) is 5.92 Å². The van der Waals surface area contributed by atoms with E-state index >= 15 is 0 Å². The van der Waals surface area contributed by atoms with Crippen LogP contribution < -0.4 is 5.32 Å². The lowest BCUT2D eigenvalue weighted by Gasteiger charge is -2.39. The molecule has 2 aromatic carbocycles. The second kappa shape index (κ2) is 8.50. The molecule has 5 heteroatoms. The van der Waals surface area contributed by atoms with Gasteiger partial charge in [-0.1, -0.05) is 61.9 Å². The molecule has 0 atom stereocenters. The van der Waals surface area contributed by atoms with Crippen molar-refractivity contribution in [2.75, 3.05) is 6.61 Å². The molecule has 2 aliphatic carbocycles. The minimum Gasteiger partial charge on any atom is -0.481 e. The summed E-state index contributed by atoms with van der Waals surface area (Å²) in [5.41, 5.74) is 3.98. The second-order valence-corrected chi connectivity index (χ2v) is 8.65. The van der Waals surface area contributed by atoms with E-state index in [1.54, 1.807) is 0 Å². The molecule has 158 valence electrons. The molecule has 1 saturated carbocycles. The summed E-state index contributed by atoms with van der Waals surface area (Å²) in [6.45, 7) is 2.40. The Bertz CT molecular complexity index is 885. The average Bonchev–Trinajstić information content (AvgIpc) is 3.06. The number of carboxylic acid groups (broad SMARTS) is 1. The fourth-order valence-electron chi connectivity index (χ4n) is 5.12. The summed E-state index contributed by atoms with van der Waals surface area (Å²) < 4.78 is 5.66. The van der Waals surface area contributed by atoms with Crippen LogP contribution >= 0.6 is 0 Å². The Labute approximate surface area is 177 Å². The third-order valence-electron chi connectivity index (χ3n) is 6.84. The van der Waals surface area contributed by atoms with Crippen molar-refractivity contribution in [2.24, 2.45) is 5.92 Å². The molecule has 30 heavy (non-hydrogen) atoms. The zero-order valence-electron chi connectivity index (χ0n) is 17.4. The van der Waals surface area contributed by atoms with Crippen LogP contribution in [0, 0.1) is 5.92 Å². The maximum atomic E-state index is 12.7. The summed E-state index contributed by atoms with van der Waals surface area (Å²) >= 11 is 0. The molecule has 1 amide bonds. The van der Waals surface area contributed by atoms with Crippen LogP contribution in [0.5, 0.6) is 0 Å². The molecule has 0 saturated heterocycles. The van der Waals surface area contributed by atoms with E-state index in [4.69, 9.17) is 4.74 Å². The van der Waals surface area contributed by atoms with Crippen LogP contribution in [0.15, 0.2) is 48.5 Å². The van der Waals surface area contributed by atoms with E-state index < -0.39 is 17.6 Å². The van der Waals surface area contributed by atoms with E-state index in [1.807, 2.05) is 24.3 Å². The Balaban J connectivity index is 1.45. The van der Waals surface area contributed by atoms with Crippen LogP contribution in [0.1, 0.15) is 62.5 Å². The third-order valence-corrected chi connectivity index (χ3v) is 6.84. The standard InChI is InChI=1S/C25H29NO4/c1-2-17-11-13-25(14-12-17,15-23(27)28)26-24(29)30-16-22-20-9-5-3-7-18(20)19-8-4-6-10-21(19)22/h3-10,17,22H,2,11-16H2,1H3,(H,26,29)(H,27,28). The summed E-state index contributed by atoms with van der Waals surface area (Å²) in [6, 6.07) is 16.4. The van der Waals surface area contributed by atoms with E-state index in [0.29, 0.717) is 18.8 Å². The van der Waals surface area contributed by atoms with Crippen molar-refractivity contribution in [1.82, 2.24) is 5.32 Å². The number of ether oxygens (including phenoxy) is 1. The SMILES string of the molecule is CCC1CCC(CC(=O)O)(NC(=O)OCC2c3ccccc3-c3ccccc32)CC1. The smallest absolute Gasteiger partial charge is 0.407 e. The van der Waals surface area contributed by atoms with Crippen molar-refractivity contribution in [3.63, 3.8) is 0 Å². The van der Waals surface area contributed by atoms with Gasteiger partial charge in [0.2, 0.25) is 0 Å². The Morgan fingerprint density at radius 3 is 2.13 bits per heavy atom. The van der Waals surface area contributed by atoms with Crippen LogP contribution in [0.3, 0.4) is 0 Å². The number of hydrogen-bond donors (Lipinski definition) is 2. The maximum Gasteiger partial charge on any atom is 0.407 e. The highest BCUT2D eigenvalue weighted by atomic mass is 16.5. The zero-order valence-corrected chi connectivity index (χ0v) is 17.4. The highest BCUT2D eigenvalue weighted by molar-refractivity contribution is 5.79. The first-order valence-corrected chi connectivity index (χ1v) is 10.9. The number of fused-ring (bicyclic) bond motifs is 3. The summed E-state index contributed by atoms with van der Waals surface area (Å²) in [5, 5.41) is 12.3. The average molecular weight is 408 g/mol. The molecule has 0 bridgehead atoms. The molecule has 0 unspecified atom stereocenters. The zero-order chi connectivity index (χ0) is 21.1. The van der Waals surface area contributed by atoms with Crippen molar-refractivity contribution in [2.45, 2.75) is 56.9 Å². The van der Waals surface area contributed by atoms with Gasteiger partial charge >= 0.3 is 12.1 Å². The van der Waals surface area contributed by atoms with Crippen LogP contribution in [0.2, 0.25) is 0 Å². The summed E-state index contributed by atoms with van der Waals surface area (Å²) in [6.07, 6.45) is 3.75. The van der Waals surface area contributed by atoms with Gasteiger partial charge in [-0.25, -0.2) is 4.79 Å². The largest absolute Gasteiger partial charge is 0.481 e. The first-order chi connectivity index (χ1) is 14.5. The molecular weight excluding hydrogens is 378 g/mol. The number of benzene rings is 2. The van der Waals surface area contributed by atoms with E-state index in [-0.39, 0.29) is 18.9 Å². The van der Waals surface area contributed by atoms with Crippen molar-refractivity contribution in [1.29, 1.82) is 0 Å². The third kappa shape index (κ3) is 4.07. The van der Waals surface area contributed by atoms with Crippen LogP contribution in [-0.2, 0) is 9.53 Å². The lowest BCUT2D eigenvalue weighted by Crippen LogP contribution is -2.52. The summed E-state index contributed by atoms with van der Waals surface area (Å²) in [5.74, 6) is -0.283. The molecule has 2 N–H and O–H groups in total. The van der Waals surface area contributed by atoms with Gasteiger partial charge in [0.15, 0.2) is 0 Å². The Morgan fingerprint density at radius 1 is 1.03 bits per heavy atom. The fourth-order valence-corrected chi connectivity index (χ4v) is 5.12. The fraction of sp³-hybridized carbons (Fsp3) is 0.440. The van der Waals surface area contributed by atoms with Gasteiger partial charge in [-0.2, -0.15) is 0 Å². The number of hydrogen-bond acceptors (Lipinski definition) is 3. The van der Waals surface area contributed by atoms with E-state index in [0.717, 1.165) is 30.4 Å². The van der Waals surface area contributed by atoms with Gasteiger partial charge in [0.25, 0.3) is 0 Å². The molecule has 0 radical (unpaired) electrons. The Kier molecular flexibility index (Phi) is 5.80. The number of carboxylic acids is 1. The Morgan fingerprint density at radius 2 is 1.60 bits per heavy atom. The number of aliphatic carboxylic acids is 1. The van der Waals surface area contributed by atoms with E-state index in [2.05, 4.69) is 36.5 Å². The molecule has 2 aromatic rings. The monoisotopic (exact) mass is 407 g/mol. The second-order valence-electron chi connectivity index (χ2n) is 8.65. The number of carbonyl (C=O) groups excluding carboxylic acids is 1. The maximum absolute atomic E-state index is 12.7. The predicted molar refractivity (Wildman–Crippen MR) is 115 cm³/mol. The molecule has 0 aliphatic heterocycles. The number of carbonyl (C=O) groups is 2. The van der Waals surface area contributed by atoms with Crippen molar-refractivity contribution in [3.05, 3.63) is 59.7 Å². The molecule has 0 spiro atoms. The van der Waals surface area contributed by atoms with Gasteiger partial charge in [-0.15, -0.1) is 0 Å². The van der Waals surface area contributed by atoms with Gasteiger partial charge in [-0.3, -0.25) is 4.79 Å². The van der Waals surface area contributed by atoms with Crippen molar-refractivity contribution >= 4 is 12.1 Å². The van der Waals surface area contributed by atoms with Gasteiger partial charge in [0.1, 0.15) is 6.61 Å². The van der Waals surface area contributed by atoms with E-state index in [1.165, 1.54) is 11.1 Å². The lowest BCUT2D eigenvalue weighted by molar-refractivity contribution is -0.139. The summed E-state index contributed by atoms with van der Waals surface area (Å²) in [4.78, 5) is 24.2. The predicted octanol–water partition coefficient (Wildman–Crippen LogP) is 5.34. The molecule has 0 heterocycles. The normalized spacial score (nSPS) is 22.8. The molecule has 0 aromatic heterocycles. The minimum atomic E-state index is -0.885. The van der Waals surface area contributed by atoms with Gasteiger partial charge in [0.05, 0.1) is 12.0 Å². The van der Waals surface area contributed by atoms with Crippen LogP contribution in [-0.4, -0.2) is 29.3 Å². The van der Waals surface area contributed by atoms with E-state index in [9.17, 15) is 14.7 Å². The summed E-state index contributed by atoms with van der Waals surface area (Å²) in [7, 11) is 0. The number of amides is 1. The number of rotatable bonds is 6. The van der Waals surface area contributed by atoms with Crippen LogP contribution in [0.4, 0.5) is 4.79 Å². The van der Waals surface area contributed by atoms with Crippen molar-refractivity contribution in [3.8, 4) is 11.1 Å². The number of alkyl carbamates (subject to hydrolysis) is 1.